The minimum Gasteiger partial charge on any atom is -0.384 e. The summed E-state index contributed by atoms with van der Waals surface area (Å²) in [6.45, 7) is 4.12. The van der Waals surface area contributed by atoms with Crippen LogP contribution in [0.25, 0.3) is 5.82 Å². The van der Waals surface area contributed by atoms with Crippen molar-refractivity contribution < 1.29 is 0 Å². The molecule has 0 saturated carbocycles. The zero-order chi connectivity index (χ0) is 16.4. The Morgan fingerprint density at radius 3 is 2.57 bits per heavy atom. The third-order valence-corrected chi connectivity index (χ3v) is 4.42. The van der Waals surface area contributed by atoms with E-state index < -0.39 is 0 Å². The van der Waals surface area contributed by atoms with Crippen molar-refractivity contribution in [3.8, 4) is 5.82 Å². The number of nitrogen functional groups attached to an aromatic ring is 1. The third kappa shape index (κ3) is 3.83. The van der Waals surface area contributed by atoms with Gasteiger partial charge in [-0.3, -0.25) is 0 Å². The predicted octanol–water partition coefficient (Wildman–Crippen LogP) is 4.06. The zero-order valence-electron chi connectivity index (χ0n) is 12.8. The van der Waals surface area contributed by atoms with Gasteiger partial charge in [0.05, 0.1) is 10.9 Å². The number of aryl methyl sites for hydroxylation is 1. The molecule has 0 spiro atoms. The van der Waals surface area contributed by atoms with Crippen molar-refractivity contribution in [3.63, 3.8) is 0 Å². The van der Waals surface area contributed by atoms with Gasteiger partial charge in [-0.05, 0) is 43.7 Å². The van der Waals surface area contributed by atoms with Gasteiger partial charge in [0, 0.05) is 18.5 Å². The zero-order valence-corrected chi connectivity index (χ0v) is 14.3. The summed E-state index contributed by atoms with van der Waals surface area (Å²) in [6.07, 6.45) is 3.95. The van der Waals surface area contributed by atoms with Crippen LogP contribution in [-0.4, -0.2) is 19.5 Å². The van der Waals surface area contributed by atoms with E-state index >= 15 is 0 Å². The van der Waals surface area contributed by atoms with Crippen molar-refractivity contribution in [2.24, 2.45) is 0 Å². The quantitative estimate of drug-likeness (QED) is 0.438. The van der Waals surface area contributed by atoms with Crippen LogP contribution in [0.2, 0.25) is 5.15 Å². The van der Waals surface area contributed by atoms with Crippen LogP contribution in [0.3, 0.4) is 0 Å². The van der Waals surface area contributed by atoms with Crippen LogP contribution < -0.4 is 5.73 Å². The van der Waals surface area contributed by atoms with E-state index in [0.717, 1.165) is 17.1 Å². The molecule has 2 N–H and O–H groups in total. The van der Waals surface area contributed by atoms with E-state index in [0.29, 0.717) is 16.1 Å². The van der Waals surface area contributed by atoms with E-state index in [1.165, 1.54) is 17.8 Å². The Bertz CT molecular complexity index is 799. The van der Waals surface area contributed by atoms with Crippen molar-refractivity contribution in [1.82, 2.24) is 19.5 Å². The fourth-order valence-electron chi connectivity index (χ4n) is 2.19. The van der Waals surface area contributed by atoms with Crippen molar-refractivity contribution in [3.05, 3.63) is 59.1 Å². The van der Waals surface area contributed by atoms with Gasteiger partial charge in [-0.2, -0.15) is 0 Å². The number of rotatable bonds is 4. The second-order valence-electron chi connectivity index (χ2n) is 5.18. The second kappa shape index (κ2) is 6.60. The molecule has 0 aliphatic heterocycles. The molecule has 0 saturated heterocycles. The van der Waals surface area contributed by atoms with Crippen molar-refractivity contribution in [1.29, 1.82) is 0 Å². The van der Waals surface area contributed by atoms with Gasteiger partial charge in [0.15, 0.2) is 5.16 Å². The van der Waals surface area contributed by atoms with Crippen LogP contribution in [0.4, 0.5) is 5.82 Å². The Hall–Kier alpha value is -2.05. The molecule has 3 rings (SSSR count). The maximum Gasteiger partial charge on any atom is 0.191 e. The normalized spacial score (nSPS) is 12.3. The van der Waals surface area contributed by atoms with Crippen molar-refractivity contribution >= 4 is 29.2 Å². The van der Waals surface area contributed by atoms with Gasteiger partial charge < -0.3 is 10.3 Å². The van der Waals surface area contributed by atoms with Crippen LogP contribution in [0.1, 0.15) is 23.4 Å². The molecule has 0 amide bonds. The Labute approximate surface area is 143 Å². The molecular formula is C16H16ClN5S. The van der Waals surface area contributed by atoms with Gasteiger partial charge in [0.1, 0.15) is 16.8 Å². The maximum atomic E-state index is 5.93. The summed E-state index contributed by atoms with van der Waals surface area (Å²) in [7, 11) is 0. The lowest BCUT2D eigenvalue weighted by Gasteiger charge is -2.13. The SMILES string of the molecule is Cc1cc(C(C)Sc2nc(N)cc(Cl)n2)nc(-n2cccc2)c1. The van der Waals surface area contributed by atoms with Gasteiger partial charge in [0.2, 0.25) is 0 Å². The highest BCUT2D eigenvalue weighted by Crippen LogP contribution is 2.33. The van der Waals surface area contributed by atoms with Gasteiger partial charge in [-0.25, -0.2) is 15.0 Å². The summed E-state index contributed by atoms with van der Waals surface area (Å²) in [5.41, 5.74) is 7.83. The number of thioether (sulfide) groups is 1. The standard InChI is InChI=1S/C16H16ClN5S/c1-10-7-12(19-15(8-10)22-5-3-4-6-22)11(2)23-16-20-13(17)9-14(18)21-16/h3-9,11H,1-2H3,(H2,18,20,21). The summed E-state index contributed by atoms with van der Waals surface area (Å²) >= 11 is 7.42. The molecule has 0 aliphatic carbocycles. The highest BCUT2D eigenvalue weighted by Gasteiger charge is 2.14. The smallest absolute Gasteiger partial charge is 0.191 e. The number of nitrogens with two attached hydrogens (primary N) is 1. The van der Waals surface area contributed by atoms with Gasteiger partial charge in [-0.15, -0.1) is 0 Å². The first-order valence-corrected chi connectivity index (χ1v) is 8.35. The molecule has 23 heavy (non-hydrogen) atoms. The molecule has 1 atom stereocenters. The minimum atomic E-state index is 0.0714. The molecule has 5 nitrogen and oxygen atoms in total. The van der Waals surface area contributed by atoms with Gasteiger partial charge in [-0.1, -0.05) is 23.4 Å². The molecule has 0 aromatic carbocycles. The largest absolute Gasteiger partial charge is 0.384 e. The van der Waals surface area contributed by atoms with E-state index in [-0.39, 0.29) is 5.25 Å². The van der Waals surface area contributed by atoms with Crippen LogP contribution in [0.5, 0.6) is 0 Å². The molecule has 0 bridgehead atoms. The molecule has 0 aliphatic rings. The van der Waals surface area contributed by atoms with E-state index in [1.807, 2.05) is 29.1 Å². The van der Waals surface area contributed by atoms with E-state index in [1.54, 1.807) is 0 Å². The Morgan fingerprint density at radius 2 is 1.87 bits per heavy atom. The molecule has 0 fully saturated rings. The maximum absolute atomic E-state index is 5.93. The first-order valence-electron chi connectivity index (χ1n) is 7.10. The minimum absolute atomic E-state index is 0.0714. The average molecular weight is 346 g/mol. The highest BCUT2D eigenvalue weighted by molar-refractivity contribution is 7.99. The van der Waals surface area contributed by atoms with E-state index in [9.17, 15) is 0 Å². The Morgan fingerprint density at radius 1 is 1.13 bits per heavy atom. The monoisotopic (exact) mass is 345 g/mol. The van der Waals surface area contributed by atoms with Crippen LogP contribution >= 0.6 is 23.4 Å². The van der Waals surface area contributed by atoms with Crippen LogP contribution in [0.15, 0.2) is 47.9 Å². The average Bonchev–Trinajstić information content (AvgIpc) is 2.99. The topological polar surface area (TPSA) is 69.6 Å². The van der Waals surface area contributed by atoms with Gasteiger partial charge in [0.25, 0.3) is 0 Å². The Balaban J connectivity index is 1.88. The lowest BCUT2D eigenvalue weighted by Crippen LogP contribution is -2.02. The summed E-state index contributed by atoms with van der Waals surface area (Å²) in [4.78, 5) is 13.1. The molecule has 0 radical (unpaired) electrons. The van der Waals surface area contributed by atoms with Crippen molar-refractivity contribution in [2.75, 3.05) is 5.73 Å². The molecular weight excluding hydrogens is 330 g/mol. The summed E-state index contributed by atoms with van der Waals surface area (Å²) < 4.78 is 1.99. The lowest BCUT2D eigenvalue weighted by molar-refractivity contribution is 0.915. The molecule has 1 unspecified atom stereocenters. The van der Waals surface area contributed by atoms with Crippen molar-refractivity contribution in [2.45, 2.75) is 24.3 Å². The molecule has 3 aromatic heterocycles. The third-order valence-electron chi connectivity index (χ3n) is 3.24. The fraction of sp³-hybridized carbons (Fsp3) is 0.188. The fourth-order valence-corrected chi connectivity index (χ4v) is 3.30. The number of hydrogen-bond donors (Lipinski definition) is 1. The second-order valence-corrected chi connectivity index (χ2v) is 6.87. The molecule has 3 heterocycles. The molecule has 118 valence electrons. The van der Waals surface area contributed by atoms with Crippen LogP contribution in [0, 0.1) is 6.92 Å². The van der Waals surface area contributed by atoms with E-state index in [2.05, 4.69) is 35.9 Å². The predicted molar refractivity (Wildman–Crippen MR) is 94.0 cm³/mol. The van der Waals surface area contributed by atoms with E-state index in [4.69, 9.17) is 22.3 Å². The molecule has 7 heteroatoms. The summed E-state index contributed by atoms with van der Waals surface area (Å²) in [6, 6.07) is 9.60. The highest BCUT2D eigenvalue weighted by atomic mass is 35.5. The van der Waals surface area contributed by atoms with Crippen LogP contribution in [-0.2, 0) is 0 Å². The summed E-state index contributed by atoms with van der Waals surface area (Å²) in [5, 5.41) is 0.966. The molecule has 3 aromatic rings. The number of halogens is 1. The Kier molecular flexibility index (Phi) is 4.54. The number of anilines is 1. The van der Waals surface area contributed by atoms with Gasteiger partial charge >= 0.3 is 0 Å². The number of nitrogens with zero attached hydrogens (tertiary/aromatic N) is 4. The summed E-state index contributed by atoms with van der Waals surface area (Å²) in [5.74, 6) is 1.26. The number of aromatic nitrogens is 4. The number of hydrogen-bond acceptors (Lipinski definition) is 5. The first kappa shape index (κ1) is 15.8. The first-order chi connectivity index (χ1) is 11.0. The number of pyridine rings is 1. The lowest BCUT2D eigenvalue weighted by atomic mass is 10.2.